The Morgan fingerprint density at radius 1 is 1.20 bits per heavy atom. The van der Waals surface area contributed by atoms with Crippen molar-refractivity contribution in [3.05, 3.63) is 35.0 Å². The first-order valence-corrected chi connectivity index (χ1v) is 8.53. The first-order chi connectivity index (χ1) is 11.9. The first kappa shape index (κ1) is 16.4. The van der Waals surface area contributed by atoms with Gasteiger partial charge in [0.1, 0.15) is 17.8 Å². The Morgan fingerprint density at radius 2 is 1.92 bits per heavy atom. The van der Waals surface area contributed by atoms with E-state index in [0.717, 1.165) is 36.6 Å². The molecule has 2 atom stereocenters. The van der Waals surface area contributed by atoms with Gasteiger partial charge in [-0.2, -0.15) is 5.10 Å². The van der Waals surface area contributed by atoms with E-state index in [-0.39, 0.29) is 5.69 Å². The van der Waals surface area contributed by atoms with Crippen molar-refractivity contribution in [1.82, 2.24) is 24.6 Å². The molecule has 0 spiro atoms. The zero-order valence-electron chi connectivity index (χ0n) is 14.7. The molecule has 5 heterocycles. The molecule has 2 aromatic heterocycles. The Kier molecular flexibility index (Phi) is 3.94. The predicted octanol–water partition coefficient (Wildman–Crippen LogP) is 2.23. The van der Waals surface area contributed by atoms with Crippen LogP contribution in [0.5, 0.6) is 0 Å². The molecule has 6 nitrogen and oxygen atoms in total. The number of piperazine rings is 1. The lowest BCUT2D eigenvalue weighted by molar-refractivity contribution is -0.00967. The molecule has 3 aliphatic rings. The van der Waals surface area contributed by atoms with Crippen molar-refractivity contribution in [1.29, 1.82) is 0 Å². The van der Waals surface area contributed by atoms with Crippen molar-refractivity contribution in [2.45, 2.75) is 45.3 Å². The molecular formula is C17H22F2N6. The summed E-state index contributed by atoms with van der Waals surface area (Å²) in [5, 5.41) is 3.91. The van der Waals surface area contributed by atoms with Crippen LogP contribution in [0.1, 0.15) is 35.4 Å². The van der Waals surface area contributed by atoms with Gasteiger partial charge in [-0.1, -0.05) is 0 Å². The summed E-state index contributed by atoms with van der Waals surface area (Å²) in [6.45, 7) is 6.33. The van der Waals surface area contributed by atoms with Crippen molar-refractivity contribution in [3.8, 4) is 0 Å². The lowest BCUT2D eigenvalue weighted by Gasteiger charge is -2.56. The number of fused-ring (bicyclic) bond motifs is 2. The molecule has 3 fully saturated rings. The van der Waals surface area contributed by atoms with Gasteiger partial charge in [0.15, 0.2) is 0 Å². The highest BCUT2D eigenvalue weighted by Gasteiger charge is 2.45. The summed E-state index contributed by atoms with van der Waals surface area (Å²) in [5.41, 5.74) is 2.65. The third kappa shape index (κ3) is 2.78. The third-order valence-electron chi connectivity index (χ3n) is 5.45. The van der Waals surface area contributed by atoms with E-state index < -0.39 is 6.43 Å². The second kappa shape index (κ2) is 6.01. The van der Waals surface area contributed by atoms with E-state index in [9.17, 15) is 8.78 Å². The quantitative estimate of drug-likeness (QED) is 0.848. The lowest BCUT2D eigenvalue weighted by Crippen LogP contribution is -2.68. The maximum Gasteiger partial charge on any atom is 0.282 e. The van der Waals surface area contributed by atoms with Crippen molar-refractivity contribution < 1.29 is 8.78 Å². The fraction of sp³-hybridized carbons (Fsp3) is 0.588. The molecule has 0 saturated carbocycles. The summed E-state index contributed by atoms with van der Waals surface area (Å²) in [6, 6.07) is 0.748. The summed E-state index contributed by atoms with van der Waals surface area (Å²) in [5.74, 6) is 0.997. The SMILES string of the molecule is Cc1ncnc(N2CC3CC(C2)N3Cc2cn(C)nc2C(F)F)c1C. The zero-order valence-corrected chi connectivity index (χ0v) is 14.7. The first-order valence-electron chi connectivity index (χ1n) is 8.53. The van der Waals surface area contributed by atoms with Crippen LogP contribution in [0.3, 0.4) is 0 Å². The average molecular weight is 348 g/mol. The lowest BCUT2D eigenvalue weighted by atomic mass is 9.86. The number of aryl methyl sites for hydroxylation is 2. The summed E-state index contributed by atoms with van der Waals surface area (Å²) in [4.78, 5) is 13.3. The summed E-state index contributed by atoms with van der Waals surface area (Å²) >= 11 is 0. The minimum atomic E-state index is -2.53. The smallest absolute Gasteiger partial charge is 0.282 e. The molecule has 2 bridgehead atoms. The van der Waals surface area contributed by atoms with Gasteiger partial charge in [-0.3, -0.25) is 9.58 Å². The molecule has 0 aliphatic carbocycles. The van der Waals surface area contributed by atoms with Gasteiger partial charge in [0.2, 0.25) is 0 Å². The molecule has 2 unspecified atom stereocenters. The molecule has 25 heavy (non-hydrogen) atoms. The van der Waals surface area contributed by atoms with Crippen LogP contribution in [0.4, 0.5) is 14.6 Å². The minimum absolute atomic E-state index is 0.0911. The van der Waals surface area contributed by atoms with Crippen LogP contribution in [0.25, 0.3) is 0 Å². The van der Waals surface area contributed by atoms with Crippen LogP contribution < -0.4 is 4.90 Å². The Labute approximate surface area is 145 Å². The molecule has 0 aromatic carbocycles. The predicted molar refractivity (Wildman–Crippen MR) is 89.6 cm³/mol. The van der Waals surface area contributed by atoms with E-state index in [1.165, 1.54) is 4.68 Å². The number of nitrogens with zero attached hydrogens (tertiary/aromatic N) is 6. The van der Waals surface area contributed by atoms with Gasteiger partial charge in [0, 0.05) is 61.8 Å². The van der Waals surface area contributed by atoms with E-state index in [0.29, 0.717) is 24.2 Å². The average Bonchev–Trinajstić information content (AvgIpc) is 2.96. The monoisotopic (exact) mass is 348 g/mol. The molecule has 3 aliphatic heterocycles. The van der Waals surface area contributed by atoms with Crippen molar-refractivity contribution in [3.63, 3.8) is 0 Å². The van der Waals surface area contributed by atoms with E-state index in [1.807, 2.05) is 13.8 Å². The highest BCUT2D eigenvalue weighted by molar-refractivity contribution is 5.49. The molecule has 0 amide bonds. The molecule has 0 radical (unpaired) electrons. The molecular weight excluding hydrogens is 326 g/mol. The van der Waals surface area contributed by atoms with Crippen LogP contribution in [-0.4, -0.2) is 49.8 Å². The minimum Gasteiger partial charge on any atom is -0.353 e. The Hall–Kier alpha value is -2.09. The van der Waals surface area contributed by atoms with Gasteiger partial charge >= 0.3 is 0 Å². The fourth-order valence-corrected chi connectivity index (χ4v) is 4.02. The number of hydrogen-bond acceptors (Lipinski definition) is 5. The van der Waals surface area contributed by atoms with Crippen LogP contribution in [0.2, 0.25) is 0 Å². The number of hydrogen-bond donors (Lipinski definition) is 0. The van der Waals surface area contributed by atoms with Gasteiger partial charge < -0.3 is 4.90 Å². The van der Waals surface area contributed by atoms with E-state index in [2.05, 4.69) is 24.9 Å². The standard InChI is InChI=1S/C17H22F2N6/c1-10-11(2)20-9-21-17(10)24-7-13-4-14(8-24)25(13)6-12-5-23(3)22-15(12)16(18)19/h5,9,13-14,16H,4,6-8H2,1-3H3. The van der Waals surface area contributed by atoms with Crippen LogP contribution >= 0.6 is 0 Å². The number of piperidine rings is 1. The van der Waals surface area contributed by atoms with Gasteiger partial charge in [-0.05, 0) is 20.3 Å². The molecule has 5 rings (SSSR count). The van der Waals surface area contributed by atoms with E-state index >= 15 is 0 Å². The normalized spacial score (nSPS) is 23.2. The maximum absolute atomic E-state index is 13.2. The number of rotatable bonds is 4. The summed E-state index contributed by atoms with van der Waals surface area (Å²) < 4.78 is 27.8. The maximum atomic E-state index is 13.2. The topological polar surface area (TPSA) is 50.1 Å². The Bertz CT molecular complexity index is 777. The van der Waals surface area contributed by atoms with Gasteiger partial charge in [-0.15, -0.1) is 0 Å². The van der Waals surface area contributed by atoms with Crippen molar-refractivity contribution in [2.75, 3.05) is 18.0 Å². The number of anilines is 1. The second-order valence-electron chi connectivity index (χ2n) is 7.04. The van der Waals surface area contributed by atoms with Crippen molar-refractivity contribution >= 4 is 5.82 Å². The zero-order chi connectivity index (χ0) is 17.7. The molecule has 134 valence electrons. The van der Waals surface area contributed by atoms with E-state index in [4.69, 9.17) is 0 Å². The highest BCUT2D eigenvalue weighted by atomic mass is 19.3. The van der Waals surface area contributed by atoms with Crippen LogP contribution in [-0.2, 0) is 13.6 Å². The molecule has 8 heteroatoms. The summed E-state index contributed by atoms with van der Waals surface area (Å²) in [6.07, 6.45) is 1.91. The molecule has 2 aromatic rings. The largest absolute Gasteiger partial charge is 0.353 e. The van der Waals surface area contributed by atoms with Gasteiger partial charge in [0.05, 0.1) is 0 Å². The fourth-order valence-electron chi connectivity index (χ4n) is 4.02. The van der Waals surface area contributed by atoms with Gasteiger partial charge in [0.25, 0.3) is 6.43 Å². The molecule has 0 N–H and O–H groups in total. The summed E-state index contributed by atoms with van der Waals surface area (Å²) in [7, 11) is 1.69. The third-order valence-corrected chi connectivity index (χ3v) is 5.45. The van der Waals surface area contributed by atoms with E-state index in [1.54, 1.807) is 19.6 Å². The Morgan fingerprint density at radius 3 is 2.60 bits per heavy atom. The molecule has 3 saturated heterocycles. The second-order valence-corrected chi connectivity index (χ2v) is 7.04. The number of aromatic nitrogens is 4. The Balaban J connectivity index is 1.48. The number of halogens is 2. The van der Waals surface area contributed by atoms with Crippen molar-refractivity contribution in [2.24, 2.45) is 7.05 Å². The van der Waals surface area contributed by atoms with Crippen LogP contribution in [0.15, 0.2) is 12.5 Å². The highest BCUT2D eigenvalue weighted by Crippen LogP contribution is 2.37. The van der Waals surface area contributed by atoms with Gasteiger partial charge in [-0.25, -0.2) is 18.7 Å². The number of alkyl halides is 2. The van der Waals surface area contributed by atoms with Crippen LogP contribution in [0, 0.1) is 13.8 Å².